The van der Waals surface area contributed by atoms with Crippen molar-refractivity contribution in [1.82, 2.24) is 15.2 Å². The molecule has 1 aromatic heterocycles. The summed E-state index contributed by atoms with van der Waals surface area (Å²) in [4.78, 5) is 3.38. The fourth-order valence-corrected chi connectivity index (χ4v) is 0.798. The number of hydrogen-bond donors (Lipinski definition) is 0. The van der Waals surface area contributed by atoms with Gasteiger partial charge >= 0.3 is 12.2 Å². The second-order valence-electron chi connectivity index (χ2n) is 2.78. The van der Waals surface area contributed by atoms with Crippen LogP contribution < -0.4 is 4.74 Å². The van der Waals surface area contributed by atoms with E-state index >= 15 is 0 Å². The van der Waals surface area contributed by atoms with Gasteiger partial charge in [0.1, 0.15) is 0 Å². The molecule has 1 rings (SSSR count). The highest BCUT2D eigenvalue weighted by Crippen LogP contribution is 2.26. The van der Waals surface area contributed by atoms with Crippen molar-refractivity contribution in [1.29, 1.82) is 0 Å². The zero-order valence-electron chi connectivity index (χ0n) is 8.16. The maximum Gasteiger partial charge on any atom is 0.436 e. The van der Waals surface area contributed by atoms with Gasteiger partial charge in [0.25, 0.3) is 0 Å². The van der Waals surface area contributed by atoms with Crippen LogP contribution in [0.15, 0.2) is 6.20 Å². The molecular weight excluding hydrogens is 223 g/mol. The lowest BCUT2D eigenvalue weighted by atomic mass is 10.3. The molecule has 4 nitrogen and oxygen atoms in total. The Morgan fingerprint density at radius 3 is 2.62 bits per heavy atom. The van der Waals surface area contributed by atoms with Crippen LogP contribution in [-0.2, 0) is 6.18 Å². The fraction of sp³-hybridized carbons (Fsp3) is 0.444. The van der Waals surface area contributed by atoms with Crippen molar-refractivity contribution < 1.29 is 17.9 Å². The normalized spacial score (nSPS) is 10.9. The van der Waals surface area contributed by atoms with Gasteiger partial charge in [-0.25, -0.2) is 4.98 Å². The van der Waals surface area contributed by atoms with Crippen molar-refractivity contribution in [2.24, 2.45) is 0 Å². The van der Waals surface area contributed by atoms with E-state index in [2.05, 4.69) is 21.1 Å². The maximum absolute atomic E-state index is 12.1. The van der Waals surface area contributed by atoms with Crippen molar-refractivity contribution in [2.75, 3.05) is 6.61 Å². The standard InChI is InChI=1S/C9H8F3N3O/c1-2-3-4-5-16-8-13-6-7(14-15-8)9(10,11)12/h1,6H,3-5H2. The summed E-state index contributed by atoms with van der Waals surface area (Å²) in [5.74, 6) is 2.40. The molecule has 7 heteroatoms. The Bertz CT molecular complexity index is 369. The first kappa shape index (κ1) is 12.2. The van der Waals surface area contributed by atoms with Gasteiger partial charge in [-0.1, -0.05) is 5.10 Å². The molecule has 16 heavy (non-hydrogen) atoms. The highest BCUT2D eigenvalue weighted by atomic mass is 19.4. The number of nitrogens with zero attached hydrogens (tertiary/aromatic N) is 3. The molecule has 0 fully saturated rings. The van der Waals surface area contributed by atoms with E-state index in [0.717, 1.165) is 0 Å². The summed E-state index contributed by atoms with van der Waals surface area (Å²) in [7, 11) is 0. The zero-order chi connectivity index (χ0) is 12.0. The lowest BCUT2D eigenvalue weighted by Gasteiger charge is -2.05. The Hall–Kier alpha value is -1.84. The van der Waals surface area contributed by atoms with E-state index in [-0.39, 0.29) is 12.6 Å². The quantitative estimate of drug-likeness (QED) is 0.584. The molecule has 0 unspecified atom stereocenters. The largest absolute Gasteiger partial charge is 0.462 e. The molecule has 0 spiro atoms. The molecule has 0 saturated heterocycles. The summed E-state index contributed by atoms with van der Waals surface area (Å²) in [6.07, 6.45) is 2.14. The summed E-state index contributed by atoms with van der Waals surface area (Å²) in [5.41, 5.74) is -1.15. The summed E-state index contributed by atoms with van der Waals surface area (Å²) in [6, 6.07) is -0.190. The molecule has 86 valence electrons. The third-order valence-corrected chi connectivity index (χ3v) is 1.53. The summed E-state index contributed by atoms with van der Waals surface area (Å²) in [5, 5.41) is 6.13. The number of hydrogen-bond acceptors (Lipinski definition) is 4. The van der Waals surface area contributed by atoms with E-state index < -0.39 is 11.9 Å². The van der Waals surface area contributed by atoms with Gasteiger partial charge in [-0.15, -0.1) is 17.4 Å². The van der Waals surface area contributed by atoms with Crippen LogP contribution in [0, 0.1) is 12.3 Å². The van der Waals surface area contributed by atoms with Crippen LogP contribution in [0.1, 0.15) is 18.5 Å². The Kier molecular flexibility index (Phi) is 4.05. The van der Waals surface area contributed by atoms with Crippen molar-refractivity contribution >= 4 is 0 Å². The molecule has 0 saturated carbocycles. The van der Waals surface area contributed by atoms with Crippen molar-refractivity contribution in [2.45, 2.75) is 19.0 Å². The molecule has 0 radical (unpaired) electrons. The van der Waals surface area contributed by atoms with Gasteiger partial charge in [0.15, 0.2) is 5.69 Å². The van der Waals surface area contributed by atoms with Gasteiger partial charge < -0.3 is 4.74 Å². The number of aromatic nitrogens is 3. The van der Waals surface area contributed by atoms with E-state index in [0.29, 0.717) is 19.0 Å². The van der Waals surface area contributed by atoms with Crippen molar-refractivity contribution in [3.05, 3.63) is 11.9 Å². The molecular formula is C9H8F3N3O. The van der Waals surface area contributed by atoms with E-state index in [9.17, 15) is 13.2 Å². The molecule has 0 aliphatic carbocycles. The molecule has 0 atom stereocenters. The van der Waals surface area contributed by atoms with Crippen LogP contribution in [0.25, 0.3) is 0 Å². The van der Waals surface area contributed by atoms with Gasteiger partial charge in [0.2, 0.25) is 0 Å². The first-order valence-corrected chi connectivity index (χ1v) is 4.37. The molecule has 1 heterocycles. The molecule has 0 amide bonds. The highest BCUT2D eigenvalue weighted by Gasteiger charge is 2.33. The predicted molar refractivity (Wildman–Crippen MR) is 48.4 cm³/mol. The Morgan fingerprint density at radius 1 is 1.38 bits per heavy atom. The molecule has 0 aliphatic rings. The van der Waals surface area contributed by atoms with Gasteiger partial charge in [-0.3, -0.25) is 0 Å². The number of halogens is 3. The smallest absolute Gasteiger partial charge is 0.436 e. The van der Waals surface area contributed by atoms with E-state index in [1.165, 1.54) is 0 Å². The third kappa shape index (κ3) is 3.73. The summed E-state index contributed by atoms with van der Waals surface area (Å²) < 4.78 is 41.1. The maximum atomic E-state index is 12.1. The monoisotopic (exact) mass is 231 g/mol. The Labute approximate surface area is 89.9 Å². The molecule has 1 aromatic rings. The van der Waals surface area contributed by atoms with E-state index in [4.69, 9.17) is 11.2 Å². The van der Waals surface area contributed by atoms with Crippen LogP contribution in [-0.4, -0.2) is 21.8 Å². The first-order valence-electron chi connectivity index (χ1n) is 4.37. The highest BCUT2D eigenvalue weighted by molar-refractivity contribution is 5.01. The van der Waals surface area contributed by atoms with Gasteiger partial charge in [-0.05, 0) is 6.42 Å². The number of ether oxygens (including phenoxy) is 1. The van der Waals surface area contributed by atoms with Gasteiger partial charge in [-0.2, -0.15) is 13.2 Å². The summed E-state index contributed by atoms with van der Waals surface area (Å²) in [6.45, 7) is 0.247. The van der Waals surface area contributed by atoms with E-state index in [1.54, 1.807) is 0 Å². The van der Waals surface area contributed by atoms with Gasteiger partial charge in [0, 0.05) is 6.42 Å². The van der Waals surface area contributed by atoms with Crippen LogP contribution in [0.2, 0.25) is 0 Å². The minimum Gasteiger partial charge on any atom is -0.462 e. The summed E-state index contributed by atoms with van der Waals surface area (Å²) >= 11 is 0. The van der Waals surface area contributed by atoms with Crippen molar-refractivity contribution in [3.63, 3.8) is 0 Å². The first-order chi connectivity index (χ1) is 7.54. The lowest BCUT2D eigenvalue weighted by molar-refractivity contribution is -0.142. The second-order valence-corrected chi connectivity index (χ2v) is 2.78. The molecule has 0 aliphatic heterocycles. The Balaban J connectivity index is 2.49. The SMILES string of the molecule is C#CCCCOc1ncc(C(F)(F)F)nn1. The van der Waals surface area contributed by atoms with Crippen molar-refractivity contribution in [3.8, 4) is 18.4 Å². The third-order valence-electron chi connectivity index (χ3n) is 1.53. The average molecular weight is 231 g/mol. The molecule has 0 bridgehead atoms. The number of alkyl halides is 3. The number of terminal acetylenes is 1. The fourth-order valence-electron chi connectivity index (χ4n) is 0.798. The van der Waals surface area contributed by atoms with Crippen LogP contribution in [0.4, 0.5) is 13.2 Å². The lowest BCUT2D eigenvalue weighted by Crippen LogP contribution is -2.11. The zero-order valence-corrected chi connectivity index (χ0v) is 8.16. The second kappa shape index (κ2) is 5.30. The minimum atomic E-state index is -4.54. The van der Waals surface area contributed by atoms with Crippen LogP contribution in [0.3, 0.4) is 0 Å². The topological polar surface area (TPSA) is 47.9 Å². The number of rotatable bonds is 4. The predicted octanol–water partition coefficient (Wildman–Crippen LogP) is 1.68. The molecule has 0 aromatic carbocycles. The van der Waals surface area contributed by atoms with E-state index in [1.807, 2.05) is 0 Å². The van der Waals surface area contributed by atoms with Crippen LogP contribution >= 0.6 is 0 Å². The Morgan fingerprint density at radius 2 is 2.12 bits per heavy atom. The minimum absolute atomic E-state index is 0.190. The molecule has 0 N–H and O–H groups in total. The van der Waals surface area contributed by atoms with Crippen LogP contribution in [0.5, 0.6) is 6.01 Å². The number of unbranched alkanes of at least 4 members (excludes halogenated alkanes) is 1. The average Bonchev–Trinajstić information content (AvgIpc) is 2.24. The van der Waals surface area contributed by atoms with Gasteiger partial charge in [0.05, 0.1) is 12.8 Å².